The molecular weight excluding hydrogens is 271 g/mol. The van der Waals surface area contributed by atoms with Crippen LogP contribution in [0.25, 0.3) is 0 Å². The number of rotatable bonds is 6. The number of halogens is 1. The van der Waals surface area contributed by atoms with Gasteiger partial charge in [-0.1, -0.05) is 0 Å². The molecule has 72 valence electrons. The van der Waals surface area contributed by atoms with E-state index >= 15 is 0 Å². The van der Waals surface area contributed by atoms with Crippen molar-refractivity contribution in [3.05, 3.63) is 0 Å². The van der Waals surface area contributed by atoms with Crippen LogP contribution in [0.1, 0.15) is 12.8 Å². The van der Waals surface area contributed by atoms with Crippen LogP contribution in [0, 0.1) is 0 Å². The number of hydrogen-bond acceptors (Lipinski definition) is 5. The normalized spacial score (nSPS) is 13.4. The minimum absolute atomic E-state index is 0.00959. The molecule has 5 nitrogen and oxygen atoms in total. The Morgan fingerprint density at radius 1 is 1.42 bits per heavy atom. The van der Waals surface area contributed by atoms with E-state index in [-0.39, 0.29) is 9.83 Å². The number of nitrogens with two attached hydrogens (primary N) is 3. The summed E-state index contributed by atoms with van der Waals surface area (Å²) < 4.78 is -0.00959. The molecular formula is C6H15IN4O. The van der Waals surface area contributed by atoms with E-state index in [4.69, 9.17) is 17.2 Å². The molecule has 6 heteroatoms. The Bertz CT molecular complexity index is 142. The van der Waals surface area contributed by atoms with Gasteiger partial charge < -0.3 is 17.2 Å². The van der Waals surface area contributed by atoms with Crippen LogP contribution >= 0.6 is 22.6 Å². The molecule has 1 atom stereocenters. The Morgan fingerprint density at radius 3 is 2.42 bits per heavy atom. The van der Waals surface area contributed by atoms with Crippen molar-refractivity contribution in [2.45, 2.75) is 25.2 Å². The van der Waals surface area contributed by atoms with Crippen molar-refractivity contribution in [2.24, 2.45) is 17.2 Å². The minimum atomic E-state index is -0.489. The number of carbonyl (C=O) groups excluding carboxylic acids is 1. The fourth-order valence-electron chi connectivity index (χ4n) is 0.704. The van der Waals surface area contributed by atoms with Gasteiger partial charge in [0, 0.05) is 22.6 Å². The molecule has 0 aromatic heterocycles. The Balaban J connectivity index is 3.25. The molecule has 0 radical (unpaired) electrons. The summed E-state index contributed by atoms with van der Waals surface area (Å²) in [6.45, 7) is 0.690. The topological polar surface area (TPSA) is 107 Å². The standard InChI is InChI=1S/C6H15IN4O/c7-5(12)4(8)2-1-3-11-6(9)10/h4,6,11H,1-3,8-10H2/t4-/m0/s1. The minimum Gasteiger partial charge on any atom is -0.321 e. The average Bonchev–Trinajstić information content (AvgIpc) is 1.97. The van der Waals surface area contributed by atoms with E-state index in [1.54, 1.807) is 22.6 Å². The van der Waals surface area contributed by atoms with Gasteiger partial charge in [-0.05, 0) is 19.4 Å². The molecule has 0 saturated heterocycles. The van der Waals surface area contributed by atoms with Crippen LogP contribution in [0.4, 0.5) is 0 Å². The summed E-state index contributed by atoms with van der Waals surface area (Å²) in [7, 11) is 0. The summed E-state index contributed by atoms with van der Waals surface area (Å²) in [4.78, 5) is 10.7. The summed E-state index contributed by atoms with van der Waals surface area (Å²) in [6, 6.07) is -0.360. The highest BCUT2D eigenvalue weighted by molar-refractivity contribution is 14.1. The maximum atomic E-state index is 10.7. The first-order valence-corrected chi connectivity index (χ1v) is 4.81. The largest absolute Gasteiger partial charge is 0.321 e. The summed E-state index contributed by atoms with van der Waals surface area (Å²) in [5.74, 6) is 0. The van der Waals surface area contributed by atoms with Gasteiger partial charge in [0.2, 0.25) is 3.79 Å². The van der Waals surface area contributed by atoms with E-state index in [2.05, 4.69) is 5.32 Å². The molecule has 0 aromatic rings. The first kappa shape index (κ1) is 12.2. The lowest BCUT2D eigenvalue weighted by Gasteiger charge is -2.09. The van der Waals surface area contributed by atoms with E-state index in [1.165, 1.54) is 0 Å². The molecule has 0 bridgehead atoms. The lowest BCUT2D eigenvalue weighted by Crippen LogP contribution is -2.45. The van der Waals surface area contributed by atoms with Crippen molar-refractivity contribution in [1.29, 1.82) is 0 Å². The van der Waals surface area contributed by atoms with Crippen LogP contribution in [-0.4, -0.2) is 22.7 Å². The van der Waals surface area contributed by atoms with Gasteiger partial charge in [-0.25, -0.2) is 0 Å². The molecule has 0 aromatic carbocycles. The summed E-state index contributed by atoms with van der Waals surface area (Å²) in [5, 5.41) is 2.83. The highest BCUT2D eigenvalue weighted by atomic mass is 127. The molecule has 0 fully saturated rings. The number of hydrogen-bond donors (Lipinski definition) is 4. The number of carbonyl (C=O) groups is 1. The average molecular weight is 286 g/mol. The van der Waals surface area contributed by atoms with Gasteiger partial charge in [0.15, 0.2) is 0 Å². The van der Waals surface area contributed by atoms with Crippen molar-refractivity contribution in [2.75, 3.05) is 6.54 Å². The first-order chi connectivity index (χ1) is 5.54. The predicted molar refractivity (Wildman–Crippen MR) is 56.4 cm³/mol. The third-order valence-electron chi connectivity index (χ3n) is 1.36. The summed E-state index contributed by atoms with van der Waals surface area (Å²) in [6.07, 6.45) is 0.985. The molecule has 7 N–H and O–H groups in total. The monoisotopic (exact) mass is 286 g/mol. The maximum absolute atomic E-state index is 10.7. The third-order valence-corrected chi connectivity index (χ3v) is 2.16. The van der Waals surface area contributed by atoms with Crippen molar-refractivity contribution in [3.8, 4) is 0 Å². The maximum Gasteiger partial charge on any atom is 0.208 e. The van der Waals surface area contributed by atoms with Crippen molar-refractivity contribution in [3.63, 3.8) is 0 Å². The lowest BCUT2D eigenvalue weighted by atomic mass is 10.2. The molecule has 0 aliphatic heterocycles. The van der Waals surface area contributed by atoms with Gasteiger partial charge in [0.25, 0.3) is 0 Å². The van der Waals surface area contributed by atoms with Crippen LogP contribution < -0.4 is 22.5 Å². The quantitative estimate of drug-likeness (QED) is 0.213. The Morgan fingerprint density at radius 2 is 2.00 bits per heavy atom. The van der Waals surface area contributed by atoms with E-state index in [9.17, 15) is 4.79 Å². The van der Waals surface area contributed by atoms with E-state index < -0.39 is 6.29 Å². The predicted octanol–water partition coefficient (Wildman–Crippen LogP) is -1.15. The van der Waals surface area contributed by atoms with Crippen LogP contribution in [-0.2, 0) is 4.79 Å². The molecule has 0 spiro atoms. The highest BCUT2D eigenvalue weighted by Crippen LogP contribution is 1.99. The zero-order valence-electron chi connectivity index (χ0n) is 6.79. The molecule has 0 saturated carbocycles. The van der Waals surface area contributed by atoms with Gasteiger partial charge in [-0.2, -0.15) is 0 Å². The van der Waals surface area contributed by atoms with Gasteiger partial charge in [-0.3, -0.25) is 10.1 Å². The van der Waals surface area contributed by atoms with Crippen molar-refractivity contribution in [1.82, 2.24) is 5.32 Å². The number of nitrogens with one attached hydrogen (secondary N) is 1. The zero-order valence-corrected chi connectivity index (χ0v) is 8.95. The molecule has 0 heterocycles. The van der Waals surface area contributed by atoms with Crippen LogP contribution in [0.15, 0.2) is 0 Å². The van der Waals surface area contributed by atoms with Crippen molar-refractivity contribution < 1.29 is 4.79 Å². The first-order valence-electron chi connectivity index (χ1n) is 3.73. The summed E-state index contributed by atoms with van der Waals surface area (Å²) in [5.41, 5.74) is 16.0. The third kappa shape index (κ3) is 6.92. The van der Waals surface area contributed by atoms with E-state index in [0.717, 1.165) is 6.42 Å². The molecule has 0 amide bonds. The summed E-state index contributed by atoms with van der Waals surface area (Å²) >= 11 is 1.70. The van der Waals surface area contributed by atoms with Crippen molar-refractivity contribution >= 4 is 26.4 Å². The fourth-order valence-corrected chi connectivity index (χ4v) is 1.02. The molecule has 0 aliphatic carbocycles. The Hall–Kier alpha value is 0.240. The molecule has 0 aliphatic rings. The van der Waals surface area contributed by atoms with Gasteiger partial charge in [0.05, 0.1) is 6.04 Å². The smallest absolute Gasteiger partial charge is 0.208 e. The Kier molecular flexibility index (Phi) is 6.86. The second-order valence-electron chi connectivity index (χ2n) is 2.53. The van der Waals surface area contributed by atoms with Crippen LogP contribution in [0.5, 0.6) is 0 Å². The zero-order chi connectivity index (χ0) is 9.56. The molecule has 12 heavy (non-hydrogen) atoms. The Labute approximate surface area is 85.6 Å². The highest BCUT2D eigenvalue weighted by Gasteiger charge is 2.08. The van der Waals surface area contributed by atoms with Crippen LogP contribution in [0.3, 0.4) is 0 Å². The van der Waals surface area contributed by atoms with E-state index in [1.807, 2.05) is 0 Å². The fraction of sp³-hybridized carbons (Fsp3) is 0.833. The van der Waals surface area contributed by atoms with E-state index in [0.29, 0.717) is 13.0 Å². The van der Waals surface area contributed by atoms with Gasteiger partial charge >= 0.3 is 0 Å². The van der Waals surface area contributed by atoms with Gasteiger partial charge in [-0.15, -0.1) is 0 Å². The second-order valence-corrected chi connectivity index (χ2v) is 3.60. The van der Waals surface area contributed by atoms with Gasteiger partial charge in [0.1, 0.15) is 6.29 Å². The molecule has 0 rings (SSSR count). The lowest BCUT2D eigenvalue weighted by molar-refractivity contribution is -0.110. The molecule has 0 unspecified atom stereocenters. The second kappa shape index (κ2) is 6.72. The van der Waals surface area contributed by atoms with Crippen LogP contribution in [0.2, 0.25) is 0 Å². The SMILES string of the molecule is NC(N)NCCC[C@H](N)C(=O)I.